The van der Waals surface area contributed by atoms with Gasteiger partial charge in [0.1, 0.15) is 5.69 Å². The smallest absolute Gasteiger partial charge is 0.271 e. The Morgan fingerprint density at radius 3 is 2.74 bits per heavy atom. The van der Waals surface area contributed by atoms with Gasteiger partial charge in [0.2, 0.25) is 5.91 Å². The zero-order valence-electron chi connectivity index (χ0n) is 13.2. The van der Waals surface area contributed by atoms with Crippen molar-refractivity contribution in [3.05, 3.63) is 17.7 Å². The van der Waals surface area contributed by atoms with E-state index in [2.05, 4.69) is 10.3 Å². The van der Waals surface area contributed by atoms with Crippen LogP contribution in [0.5, 0.6) is 0 Å². The number of ether oxygens (including phenoxy) is 1. The first kappa shape index (κ1) is 14.7. The molecule has 4 rings (SSSR count). The van der Waals surface area contributed by atoms with E-state index in [9.17, 15) is 9.59 Å². The molecule has 1 aromatic rings. The summed E-state index contributed by atoms with van der Waals surface area (Å²) in [7, 11) is 0. The minimum Gasteiger partial charge on any atom is -0.378 e. The van der Waals surface area contributed by atoms with Crippen LogP contribution in [0.25, 0.3) is 0 Å². The minimum atomic E-state index is -0.0702. The number of hydrogen-bond donors (Lipinski definition) is 1. The van der Waals surface area contributed by atoms with E-state index in [-0.39, 0.29) is 17.7 Å². The molecule has 1 atom stereocenters. The van der Waals surface area contributed by atoms with Crippen molar-refractivity contribution in [3.8, 4) is 0 Å². The molecule has 3 aliphatic rings. The Bertz CT molecular complexity index is 617. The summed E-state index contributed by atoms with van der Waals surface area (Å²) in [5.41, 5.74) is 1.50. The highest BCUT2D eigenvalue weighted by Gasteiger charge is 2.32. The molecule has 23 heavy (non-hydrogen) atoms. The molecule has 1 aromatic heterocycles. The lowest BCUT2D eigenvalue weighted by Crippen LogP contribution is -2.45. The van der Waals surface area contributed by atoms with Crippen LogP contribution < -0.4 is 5.32 Å². The van der Waals surface area contributed by atoms with Crippen molar-refractivity contribution in [1.82, 2.24) is 19.8 Å². The molecule has 3 heterocycles. The first-order valence-electron chi connectivity index (χ1n) is 8.44. The van der Waals surface area contributed by atoms with Crippen LogP contribution in [0, 0.1) is 5.92 Å². The van der Waals surface area contributed by atoms with E-state index in [1.165, 1.54) is 0 Å². The molecule has 0 aromatic carbocycles. The van der Waals surface area contributed by atoms with Gasteiger partial charge in [-0.15, -0.1) is 0 Å². The number of carbonyl (C=O) groups excluding carboxylic acids is 2. The van der Waals surface area contributed by atoms with Crippen LogP contribution >= 0.6 is 0 Å². The van der Waals surface area contributed by atoms with Crippen molar-refractivity contribution >= 4 is 11.8 Å². The first-order valence-corrected chi connectivity index (χ1v) is 8.44. The lowest BCUT2D eigenvalue weighted by molar-refractivity contribution is -0.140. The fourth-order valence-electron chi connectivity index (χ4n) is 3.38. The van der Waals surface area contributed by atoms with Gasteiger partial charge in [-0.25, -0.2) is 4.98 Å². The molecular formula is C16H22N4O3. The SMILES string of the molecule is O=C(NC1CC1)c1ncn2c1CCC(C(=O)N1CCOCC1)C2. The molecule has 2 aliphatic heterocycles. The average molecular weight is 318 g/mol. The van der Waals surface area contributed by atoms with Crippen LogP contribution in [-0.2, 0) is 22.5 Å². The fraction of sp³-hybridized carbons (Fsp3) is 0.688. The number of rotatable bonds is 3. The monoisotopic (exact) mass is 318 g/mol. The number of nitrogens with one attached hydrogen (secondary N) is 1. The van der Waals surface area contributed by atoms with Crippen LogP contribution in [0.1, 0.15) is 35.4 Å². The van der Waals surface area contributed by atoms with Gasteiger partial charge in [0.15, 0.2) is 0 Å². The lowest BCUT2D eigenvalue weighted by Gasteiger charge is -2.32. The molecule has 2 amide bonds. The van der Waals surface area contributed by atoms with Crippen LogP contribution in [0.3, 0.4) is 0 Å². The third-order valence-corrected chi connectivity index (χ3v) is 4.89. The zero-order chi connectivity index (χ0) is 15.8. The zero-order valence-corrected chi connectivity index (χ0v) is 13.2. The predicted octanol–water partition coefficient (Wildman–Crippen LogP) is 0.197. The van der Waals surface area contributed by atoms with E-state index >= 15 is 0 Å². The third kappa shape index (κ3) is 2.97. The second-order valence-corrected chi connectivity index (χ2v) is 6.61. The van der Waals surface area contributed by atoms with Crippen molar-refractivity contribution in [2.75, 3.05) is 26.3 Å². The predicted molar refractivity (Wildman–Crippen MR) is 81.9 cm³/mol. The third-order valence-electron chi connectivity index (χ3n) is 4.89. The molecule has 1 N–H and O–H groups in total. The standard InChI is InChI=1S/C16H22N4O3/c21-15(18-12-2-3-12)14-13-4-1-11(9-20(13)10-17-14)16(22)19-5-7-23-8-6-19/h10-12H,1-9H2,(H,18,21). The highest BCUT2D eigenvalue weighted by molar-refractivity contribution is 5.94. The number of aromatic nitrogens is 2. The van der Waals surface area contributed by atoms with Crippen LogP contribution in [0.15, 0.2) is 6.33 Å². The molecule has 0 radical (unpaired) electrons. The van der Waals surface area contributed by atoms with Crippen molar-refractivity contribution in [2.24, 2.45) is 5.92 Å². The first-order chi connectivity index (χ1) is 11.2. The number of imidazole rings is 1. The molecule has 124 valence electrons. The Labute approximate surface area is 135 Å². The Hall–Kier alpha value is -1.89. The van der Waals surface area contributed by atoms with Gasteiger partial charge in [0.25, 0.3) is 5.91 Å². The van der Waals surface area contributed by atoms with Gasteiger partial charge in [-0.1, -0.05) is 0 Å². The molecule has 7 heteroatoms. The maximum Gasteiger partial charge on any atom is 0.271 e. The van der Waals surface area contributed by atoms with Crippen molar-refractivity contribution < 1.29 is 14.3 Å². The van der Waals surface area contributed by atoms with Gasteiger partial charge in [-0.2, -0.15) is 0 Å². The van der Waals surface area contributed by atoms with Crippen LogP contribution in [0.2, 0.25) is 0 Å². The number of fused-ring (bicyclic) bond motifs is 1. The average Bonchev–Trinajstić information content (AvgIpc) is 3.30. The number of amides is 2. The number of carbonyl (C=O) groups is 2. The second kappa shape index (κ2) is 5.96. The van der Waals surface area contributed by atoms with E-state index in [0.717, 1.165) is 31.4 Å². The van der Waals surface area contributed by atoms with Gasteiger partial charge in [0.05, 0.1) is 31.2 Å². The maximum atomic E-state index is 12.6. The normalized spacial score (nSPS) is 24.2. The summed E-state index contributed by atoms with van der Waals surface area (Å²) in [6.45, 7) is 3.23. The Balaban J connectivity index is 1.44. The molecule has 1 saturated carbocycles. The Kier molecular flexibility index (Phi) is 3.80. The van der Waals surface area contributed by atoms with Gasteiger partial charge in [-0.05, 0) is 25.7 Å². The minimum absolute atomic E-state index is 0.0193. The highest BCUT2D eigenvalue weighted by atomic mass is 16.5. The molecule has 7 nitrogen and oxygen atoms in total. The summed E-state index contributed by atoms with van der Waals surface area (Å²) in [5.74, 6) is 0.116. The van der Waals surface area contributed by atoms with Crippen LogP contribution in [0.4, 0.5) is 0 Å². The van der Waals surface area contributed by atoms with Gasteiger partial charge >= 0.3 is 0 Å². The van der Waals surface area contributed by atoms with E-state index in [0.29, 0.717) is 44.6 Å². The maximum absolute atomic E-state index is 12.6. The highest BCUT2D eigenvalue weighted by Crippen LogP contribution is 2.25. The topological polar surface area (TPSA) is 76.5 Å². The molecule has 1 unspecified atom stereocenters. The van der Waals surface area contributed by atoms with Gasteiger partial charge < -0.3 is 19.5 Å². The van der Waals surface area contributed by atoms with E-state index in [4.69, 9.17) is 4.74 Å². The number of nitrogens with zero attached hydrogens (tertiary/aromatic N) is 3. The van der Waals surface area contributed by atoms with E-state index in [1.54, 1.807) is 6.33 Å². The Morgan fingerprint density at radius 1 is 1.22 bits per heavy atom. The summed E-state index contributed by atoms with van der Waals surface area (Å²) in [5, 5.41) is 2.99. The number of hydrogen-bond acceptors (Lipinski definition) is 4. The quantitative estimate of drug-likeness (QED) is 0.863. The van der Waals surface area contributed by atoms with Gasteiger partial charge in [-0.3, -0.25) is 9.59 Å². The van der Waals surface area contributed by atoms with Crippen molar-refractivity contribution in [2.45, 2.75) is 38.3 Å². The van der Waals surface area contributed by atoms with Crippen molar-refractivity contribution in [3.63, 3.8) is 0 Å². The molecule has 1 aliphatic carbocycles. The summed E-state index contributed by atoms with van der Waals surface area (Å²) >= 11 is 0. The summed E-state index contributed by atoms with van der Waals surface area (Å²) in [4.78, 5) is 31.0. The summed E-state index contributed by atoms with van der Waals surface area (Å²) in [6.07, 6.45) is 5.35. The lowest BCUT2D eigenvalue weighted by atomic mass is 9.95. The largest absolute Gasteiger partial charge is 0.378 e. The Morgan fingerprint density at radius 2 is 2.00 bits per heavy atom. The van der Waals surface area contributed by atoms with E-state index in [1.807, 2.05) is 9.47 Å². The van der Waals surface area contributed by atoms with Gasteiger partial charge in [0, 0.05) is 25.7 Å². The molecule has 1 saturated heterocycles. The molecule has 0 bridgehead atoms. The second-order valence-electron chi connectivity index (χ2n) is 6.61. The van der Waals surface area contributed by atoms with E-state index < -0.39 is 0 Å². The fourth-order valence-corrected chi connectivity index (χ4v) is 3.38. The summed E-state index contributed by atoms with van der Waals surface area (Å²) in [6, 6.07) is 0.332. The summed E-state index contributed by atoms with van der Waals surface area (Å²) < 4.78 is 7.29. The molecule has 2 fully saturated rings. The number of morpholine rings is 1. The molecular weight excluding hydrogens is 296 g/mol. The molecule has 0 spiro atoms. The van der Waals surface area contributed by atoms with Crippen molar-refractivity contribution in [1.29, 1.82) is 0 Å². The van der Waals surface area contributed by atoms with Crippen LogP contribution in [-0.4, -0.2) is 58.6 Å².